The fourth-order valence-corrected chi connectivity index (χ4v) is 3.50. The fourth-order valence-electron chi connectivity index (χ4n) is 2.76. The molecule has 1 saturated heterocycles. The number of carbonyl (C=O) groups excluding carboxylic acids is 1. The Morgan fingerprint density at radius 1 is 1.50 bits per heavy atom. The largest absolute Gasteiger partial charge is 0.360 e. The SMILES string of the molecule is CSC[C@@H]1CCN(C(=O)CN(C)c2ccccc2[N+](=O)[O-])C1. The van der Waals surface area contributed by atoms with Crippen LogP contribution < -0.4 is 4.90 Å². The zero-order valence-electron chi connectivity index (χ0n) is 12.9. The lowest BCUT2D eigenvalue weighted by atomic mass is 10.2. The van der Waals surface area contributed by atoms with Gasteiger partial charge in [-0.15, -0.1) is 0 Å². The summed E-state index contributed by atoms with van der Waals surface area (Å²) in [6.07, 6.45) is 3.12. The first-order valence-corrected chi connectivity index (χ1v) is 8.63. The van der Waals surface area contributed by atoms with Crippen molar-refractivity contribution in [1.82, 2.24) is 4.90 Å². The molecule has 0 N–H and O–H groups in total. The Balaban J connectivity index is 1.99. The van der Waals surface area contributed by atoms with E-state index in [1.54, 1.807) is 41.9 Å². The van der Waals surface area contributed by atoms with Gasteiger partial charge >= 0.3 is 0 Å². The number of nitrogens with zero attached hydrogens (tertiary/aromatic N) is 3. The van der Waals surface area contributed by atoms with Crippen LogP contribution in [0.15, 0.2) is 24.3 Å². The van der Waals surface area contributed by atoms with Crippen molar-refractivity contribution in [3.63, 3.8) is 0 Å². The summed E-state index contributed by atoms with van der Waals surface area (Å²) in [4.78, 5) is 26.5. The van der Waals surface area contributed by atoms with Crippen LogP contribution in [0.3, 0.4) is 0 Å². The molecule has 0 aromatic heterocycles. The summed E-state index contributed by atoms with van der Waals surface area (Å²) < 4.78 is 0. The van der Waals surface area contributed by atoms with E-state index in [4.69, 9.17) is 0 Å². The minimum Gasteiger partial charge on any atom is -0.360 e. The molecule has 0 bridgehead atoms. The normalized spacial score (nSPS) is 17.5. The highest BCUT2D eigenvalue weighted by Gasteiger charge is 2.27. The average molecular weight is 323 g/mol. The molecule has 0 saturated carbocycles. The molecule has 22 heavy (non-hydrogen) atoms. The molecular formula is C15H21N3O3S. The predicted octanol–water partition coefficient (Wildman–Crippen LogP) is 2.24. The summed E-state index contributed by atoms with van der Waals surface area (Å²) in [7, 11) is 1.72. The zero-order chi connectivity index (χ0) is 16.1. The first kappa shape index (κ1) is 16.6. The summed E-state index contributed by atoms with van der Waals surface area (Å²) in [6, 6.07) is 6.50. The van der Waals surface area contributed by atoms with E-state index in [9.17, 15) is 14.9 Å². The number of rotatable bonds is 6. The van der Waals surface area contributed by atoms with E-state index < -0.39 is 4.92 Å². The number of hydrogen-bond donors (Lipinski definition) is 0. The number of amides is 1. The molecule has 0 aliphatic carbocycles. The highest BCUT2D eigenvalue weighted by atomic mass is 32.2. The molecule has 0 spiro atoms. The molecule has 1 aromatic carbocycles. The number of hydrogen-bond acceptors (Lipinski definition) is 5. The molecule has 1 heterocycles. The van der Waals surface area contributed by atoms with Gasteiger partial charge in [0.25, 0.3) is 5.69 Å². The van der Waals surface area contributed by atoms with Crippen molar-refractivity contribution >= 4 is 29.0 Å². The Labute approximate surface area is 134 Å². The number of nitro groups is 1. The van der Waals surface area contributed by atoms with Gasteiger partial charge in [-0.2, -0.15) is 11.8 Å². The van der Waals surface area contributed by atoms with Gasteiger partial charge in [0.2, 0.25) is 5.91 Å². The van der Waals surface area contributed by atoms with Gasteiger partial charge < -0.3 is 9.80 Å². The Bertz CT molecular complexity index is 553. The van der Waals surface area contributed by atoms with Crippen LogP contribution in [0, 0.1) is 16.0 Å². The lowest BCUT2D eigenvalue weighted by molar-refractivity contribution is -0.384. The maximum Gasteiger partial charge on any atom is 0.292 e. The van der Waals surface area contributed by atoms with Crippen LogP contribution in [0.25, 0.3) is 0 Å². The first-order chi connectivity index (χ1) is 10.5. The number of anilines is 1. The Kier molecular flexibility index (Phi) is 5.65. The molecule has 2 rings (SSSR count). The van der Waals surface area contributed by atoms with Gasteiger partial charge in [0.05, 0.1) is 11.5 Å². The molecule has 1 amide bonds. The van der Waals surface area contributed by atoms with Crippen molar-refractivity contribution in [1.29, 1.82) is 0 Å². The third kappa shape index (κ3) is 3.91. The fraction of sp³-hybridized carbons (Fsp3) is 0.533. The second kappa shape index (κ2) is 7.49. The van der Waals surface area contributed by atoms with Crippen molar-refractivity contribution in [3.8, 4) is 0 Å². The van der Waals surface area contributed by atoms with Gasteiger partial charge in [-0.1, -0.05) is 12.1 Å². The third-order valence-electron chi connectivity index (χ3n) is 3.90. The quantitative estimate of drug-likeness (QED) is 0.593. The summed E-state index contributed by atoms with van der Waals surface area (Å²) in [5.41, 5.74) is 0.500. The number of likely N-dealkylation sites (tertiary alicyclic amines) is 1. The van der Waals surface area contributed by atoms with Gasteiger partial charge in [0.1, 0.15) is 5.69 Å². The molecule has 0 unspecified atom stereocenters. The zero-order valence-corrected chi connectivity index (χ0v) is 13.7. The smallest absolute Gasteiger partial charge is 0.292 e. The van der Waals surface area contributed by atoms with Crippen LogP contribution in [0.5, 0.6) is 0 Å². The summed E-state index contributed by atoms with van der Waals surface area (Å²) >= 11 is 1.81. The van der Waals surface area contributed by atoms with Crippen LogP contribution in [-0.2, 0) is 4.79 Å². The van der Waals surface area contributed by atoms with E-state index >= 15 is 0 Å². The number of benzene rings is 1. The number of carbonyl (C=O) groups is 1. The lowest BCUT2D eigenvalue weighted by Gasteiger charge is -2.23. The Morgan fingerprint density at radius 3 is 2.91 bits per heavy atom. The van der Waals surface area contributed by atoms with E-state index in [1.807, 2.05) is 4.90 Å². The van der Waals surface area contributed by atoms with Gasteiger partial charge in [0.15, 0.2) is 0 Å². The molecule has 1 aliphatic heterocycles. The van der Waals surface area contributed by atoms with Crippen LogP contribution in [0.4, 0.5) is 11.4 Å². The molecule has 1 aromatic rings. The Hall–Kier alpha value is -1.76. The number of likely N-dealkylation sites (N-methyl/N-ethyl adjacent to an activating group) is 1. The van der Waals surface area contributed by atoms with Crippen molar-refractivity contribution in [2.45, 2.75) is 6.42 Å². The van der Waals surface area contributed by atoms with Crippen LogP contribution in [-0.4, -0.2) is 54.4 Å². The van der Waals surface area contributed by atoms with Crippen LogP contribution >= 0.6 is 11.8 Å². The van der Waals surface area contributed by atoms with E-state index in [0.29, 0.717) is 11.6 Å². The van der Waals surface area contributed by atoms with Crippen LogP contribution in [0.2, 0.25) is 0 Å². The third-order valence-corrected chi connectivity index (χ3v) is 4.71. The van der Waals surface area contributed by atoms with E-state index in [-0.39, 0.29) is 18.1 Å². The number of thioether (sulfide) groups is 1. The minimum absolute atomic E-state index is 0.0273. The topological polar surface area (TPSA) is 66.7 Å². The molecule has 7 heteroatoms. The second-order valence-corrected chi connectivity index (χ2v) is 6.46. The van der Waals surface area contributed by atoms with Gasteiger partial charge in [-0.25, -0.2) is 0 Å². The van der Waals surface area contributed by atoms with Gasteiger partial charge in [0, 0.05) is 26.2 Å². The Morgan fingerprint density at radius 2 is 2.23 bits per heavy atom. The molecule has 1 atom stereocenters. The highest BCUT2D eigenvalue weighted by Crippen LogP contribution is 2.27. The van der Waals surface area contributed by atoms with E-state index in [2.05, 4.69) is 6.26 Å². The summed E-state index contributed by atoms with van der Waals surface area (Å²) in [5, 5.41) is 11.1. The number of para-hydroxylation sites is 2. The molecular weight excluding hydrogens is 302 g/mol. The van der Waals surface area contributed by atoms with Crippen LogP contribution in [0.1, 0.15) is 6.42 Å². The predicted molar refractivity (Wildman–Crippen MR) is 89.4 cm³/mol. The van der Waals surface area contributed by atoms with Crippen molar-refractivity contribution in [2.75, 3.05) is 43.6 Å². The number of nitro benzene ring substituents is 1. The van der Waals surface area contributed by atoms with E-state index in [1.165, 1.54) is 6.07 Å². The van der Waals surface area contributed by atoms with Crippen molar-refractivity contribution in [3.05, 3.63) is 34.4 Å². The highest BCUT2D eigenvalue weighted by molar-refractivity contribution is 7.98. The average Bonchev–Trinajstić information content (AvgIpc) is 2.96. The van der Waals surface area contributed by atoms with Crippen molar-refractivity contribution < 1.29 is 9.72 Å². The summed E-state index contributed by atoms with van der Waals surface area (Å²) in [6.45, 7) is 1.75. The van der Waals surface area contributed by atoms with Crippen molar-refractivity contribution in [2.24, 2.45) is 5.92 Å². The molecule has 0 radical (unpaired) electrons. The standard InChI is InChI=1S/C15H21N3O3S/c1-16(13-5-3-4-6-14(13)18(20)21)10-15(19)17-8-7-12(9-17)11-22-2/h3-6,12H,7-11H2,1-2H3/t12-/m1/s1. The molecule has 120 valence electrons. The molecule has 6 nitrogen and oxygen atoms in total. The lowest BCUT2D eigenvalue weighted by Crippen LogP contribution is -2.38. The molecule has 1 aliphatic rings. The monoisotopic (exact) mass is 323 g/mol. The van der Waals surface area contributed by atoms with E-state index in [0.717, 1.165) is 25.3 Å². The molecule has 1 fully saturated rings. The second-order valence-electron chi connectivity index (χ2n) is 5.55. The summed E-state index contributed by atoms with van der Waals surface area (Å²) in [5.74, 6) is 1.67. The minimum atomic E-state index is -0.416. The first-order valence-electron chi connectivity index (χ1n) is 7.24. The van der Waals surface area contributed by atoms with Gasteiger partial charge in [-0.05, 0) is 30.4 Å². The van der Waals surface area contributed by atoms with Gasteiger partial charge in [-0.3, -0.25) is 14.9 Å². The maximum absolute atomic E-state index is 12.4. The maximum atomic E-state index is 12.4.